The van der Waals surface area contributed by atoms with E-state index in [9.17, 15) is 5.11 Å². The van der Waals surface area contributed by atoms with Gasteiger partial charge in [-0.1, -0.05) is 60.7 Å². The zero-order valence-corrected chi connectivity index (χ0v) is 13.0. The first-order valence-electron chi connectivity index (χ1n) is 8.21. The quantitative estimate of drug-likeness (QED) is 0.783. The monoisotopic (exact) mass is 304 g/mol. The minimum atomic E-state index is -0.290. The van der Waals surface area contributed by atoms with E-state index in [0.29, 0.717) is 0 Å². The van der Waals surface area contributed by atoms with Crippen molar-refractivity contribution in [2.45, 2.75) is 31.4 Å². The van der Waals surface area contributed by atoms with Crippen LogP contribution in [0.1, 0.15) is 25.3 Å². The van der Waals surface area contributed by atoms with Gasteiger partial charge in [0.15, 0.2) is 0 Å². The third-order valence-corrected chi connectivity index (χ3v) is 4.65. The highest BCUT2D eigenvalue weighted by Crippen LogP contribution is 2.35. The van der Waals surface area contributed by atoms with E-state index in [1.807, 2.05) is 41.1 Å². The van der Waals surface area contributed by atoms with Crippen molar-refractivity contribution in [1.29, 1.82) is 0 Å². The van der Waals surface area contributed by atoms with Crippen LogP contribution in [0.15, 0.2) is 66.9 Å². The first-order valence-corrected chi connectivity index (χ1v) is 8.21. The van der Waals surface area contributed by atoms with E-state index in [0.717, 1.165) is 41.6 Å². The maximum absolute atomic E-state index is 10.2. The molecule has 0 spiro atoms. The molecule has 2 aromatic carbocycles. The summed E-state index contributed by atoms with van der Waals surface area (Å²) in [6.45, 7) is 0. The van der Waals surface area contributed by atoms with Crippen LogP contribution < -0.4 is 0 Å². The van der Waals surface area contributed by atoms with E-state index in [4.69, 9.17) is 5.10 Å². The Morgan fingerprint density at radius 2 is 1.52 bits per heavy atom. The van der Waals surface area contributed by atoms with Crippen LogP contribution in [-0.2, 0) is 0 Å². The Morgan fingerprint density at radius 3 is 2.13 bits per heavy atom. The summed E-state index contributed by atoms with van der Waals surface area (Å²) in [6, 6.07) is 20.7. The molecule has 116 valence electrons. The van der Waals surface area contributed by atoms with Gasteiger partial charge in [-0.15, -0.1) is 0 Å². The number of benzene rings is 2. The highest BCUT2D eigenvalue weighted by Gasteiger charge is 2.28. The summed E-state index contributed by atoms with van der Waals surface area (Å²) in [5.41, 5.74) is 4.37. The fourth-order valence-corrected chi connectivity index (χ4v) is 3.43. The molecule has 1 fully saturated rings. The zero-order valence-electron chi connectivity index (χ0n) is 13.0. The van der Waals surface area contributed by atoms with Gasteiger partial charge in [-0.2, -0.15) is 5.10 Å². The molecule has 1 aliphatic rings. The van der Waals surface area contributed by atoms with Crippen LogP contribution in [0.4, 0.5) is 0 Å². The number of aromatic nitrogens is 2. The van der Waals surface area contributed by atoms with Gasteiger partial charge < -0.3 is 5.11 Å². The van der Waals surface area contributed by atoms with Crippen molar-refractivity contribution in [3.05, 3.63) is 66.9 Å². The van der Waals surface area contributed by atoms with Crippen molar-refractivity contribution >= 4 is 0 Å². The zero-order chi connectivity index (χ0) is 15.6. The molecular weight excluding hydrogens is 284 g/mol. The third kappa shape index (κ3) is 2.68. The molecule has 23 heavy (non-hydrogen) atoms. The predicted octanol–water partition coefficient (Wildman–Crippen LogP) is 4.30. The molecule has 0 saturated heterocycles. The third-order valence-electron chi connectivity index (χ3n) is 4.65. The van der Waals surface area contributed by atoms with Gasteiger partial charge in [0.05, 0.1) is 12.1 Å². The largest absolute Gasteiger partial charge is 0.391 e. The lowest BCUT2D eigenvalue weighted by Gasteiger charge is -2.14. The smallest absolute Gasteiger partial charge is 0.100 e. The molecule has 4 rings (SSSR count). The Balaban J connectivity index is 1.84. The van der Waals surface area contributed by atoms with Crippen molar-refractivity contribution in [2.24, 2.45) is 0 Å². The van der Waals surface area contributed by atoms with Gasteiger partial charge in [0.2, 0.25) is 0 Å². The maximum Gasteiger partial charge on any atom is 0.100 e. The Labute approximate surface area is 136 Å². The van der Waals surface area contributed by atoms with Crippen molar-refractivity contribution in [2.75, 3.05) is 0 Å². The van der Waals surface area contributed by atoms with Crippen LogP contribution in [0.5, 0.6) is 0 Å². The molecule has 0 amide bonds. The van der Waals surface area contributed by atoms with E-state index in [2.05, 4.69) is 30.5 Å². The molecule has 1 aliphatic carbocycles. The number of nitrogens with zero attached hydrogens (tertiary/aromatic N) is 2. The van der Waals surface area contributed by atoms with E-state index in [1.165, 1.54) is 0 Å². The van der Waals surface area contributed by atoms with Crippen molar-refractivity contribution < 1.29 is 5.11 Å². The SMILES string of the molecule is O[C@H]1CCC[C@H]1n1cc(-c2ccccc2)c(-c2ccccc2)n1. The Hall–Kier alpha value is -2.39. The standard InChI is InChI=1S/C20H20N2O/c23-19-13-7-12-18(19)22-14-17(15-8-3-1-4-9-15)20(21-22)16-10-5-2-6-11-16/h1-6,8-11,14,18-19,23H,7,12-13H2/t18-,19+/m1/s1. The molecule has 3 heteroatoms. The van der Waals surface area contributed by atoms with Crippen LogP contribution in [0.25, 0.3) is 22.4 Å². The van der Waals surface area contributed by atoms with Gasteiger partial charge >= 0.3 is 0 Å². The van der Waals surface area contributed by atoms with Gasteiger partial charge in [-0.25, -0.2) is 0 Å². The normalized spacial score (nSPS) is 20.7. The van der Waals surface area contributed by atoms with Gasteiger partial charge in [0.1, 0.15) is 5.69 Å². The average Bonchev–Trinajstić information content (AvgIpc) is 3.22. The molecule has 3 aromatic rings. The number of hydrogen-bond donors (Lipinski definition) is 1. The summed E-state index contributed by atoms with van der Waals surface area (Å²) in [6.07, 6.45) is 4.73. The lowest BCUT2D eigenvalue weighted by atomic mass is 10.0. The highest BCUT2D eigenvalue weighted by molar-refractivity contribution is 5.80. The van der Waals surface area contributed by atoms with Gasteiger partial charge in [-0.05, 0) is 24.8 Å². The predicted molar refractivity (Wildman–Crippen MR) is 92.0 cm³/mol. The molecule has 0 aliphatic heterocycles. The number of aliphatic hydroxyl groups is 1. The van der Waals surface area contributed by atoms with Crippen LogP contribution in [0, 0.1) is 0 Å². The minimum absolute atomic E-state index is 0.0925. The van der Waals surface area contributed by atoms with Crippen molar-refractivity contribution in [3.63, 3.8) is 0 Å². The topological polar surface area (TPSA) is 38.0 Å². The molecule has 0 bridgehead atoms. The van der Waals surface area contributed by atoms with E-state index in [1.54, 1.807) is 0 Å². The van der Waals surface area contributed by atoms with Crippen LogP contribution in [-0.4, -0.2) is 21.0 Å². The highest BCUT2D eigenvalue weighted by atomic mass is 16.3. The van der Waals surface area contributed by atoms with Crippen LogP contribution in [0.3, 0.4) is 0 Å². The lowest BCUT2D eigenvalue weighted by Crippen LogP contribution is -2.18. The van der Waals surface area contributed by atoms with Crippen molar-refractivity contribution in [1.82, 2.24) is 9.78 Å². The lowest BCUT2D eigenvalue weighted by molar-refractivity contribution is 0.130. The molecule has 0 radical (unpaired) electrons. The molecule has 3 nitrogen and oxygen atoms in total. The van der Waals surface area contributed by atoms with Gasteiger partial charge in [-0.3, -0.25) is 4.68 Å². The molecule has 1 heterocycles. The Bertz CT molecular complexity index is 723. The summed E-state index contributed by atoms with van der Waals surface area (Å²) < 4.78 is 1.97. The summed E-state index contributed by atoms with van der Waals surface area (Å²) in [5, 5.41) is 15.1. The van der Waals surface area contributed by atoms with Crippen LogP contribution in [0.2, 0.25) is 0 Å². The van der Waals surface area contributed by atoms with E-state index < -0.39 is 0 Å². The first kappa shape index (κ1) is 14.2. The number of rotatable bonds is 3. The average molecular weight is 304 g/mol. The molecule has 1 N–H and O–H groups in total. The Morgan fingerprint density at radius 1 is 0.870 bits per heavy atom. The minimum Gasteiger partial charge on any atom is -0.391 e. The van der Waals surface area contributed by atoms with Crippen LogP contribution >= 0.6 is 0 Å². The molecule has 2 atom stereocenters. The second-order valence-electron chi connectivity index (χ2n) is 6.17. The summed E-state index contributed by atoms with van der Waals surface area (Å²) in [5.74, 6) is 0. The van der Waals surface area contributed by atoms with E-state index >= 15 is 0 Å². The molecule has 1 saturated carbocycles. The molecule has 0 unspecified atom stereocenters. The van der Waals surface area contributed by atoms with E-state index in [-0.39, 0.29) is 12.1 Å². The first-order chi connectivity index (χ1) is 11.3. The summed E-state index contributed by atoms with van der Waals surface area (Å²) in [7, 11) is 0. The number of aliphatic hydroxyl groups excluding tert-OH is 1. The van der Waals surface area contributed by atoms with Gasteiger partial charge in [0.25, 0.3) is 0 Å². The second-order valence-corrected chi connectivity index (χ2v) is 6.17. The van der Waals surface area contributed by atoms with Crippen molar-refractivity contribution in [3.8, 4) is 22.4 Å². The summed E-state index contributed by atoms with van der Waals surface area (Å²) in [4.78, 5) is 0. The maximum atomic E-state index is 10.2. The summed E-state index contributed by atoms with van der Waals surface area (Å²) >= 11 is 0. The Kier molecular flexibility index (Phi) is 3.72. The fraction of sp³-hybridized carbons (Fsp3) is 0.250. The fourth-order valence-electron chi connectivity index (χ4n) is 3.43. The molecular formula is C20H20N2O. The number of hydrogen-bond acceptors (Lipinski definition) is 2. The molecule has 1 aromatic heterocycles. The second kappa shape index (κ2) is 6.01. The van der Waals surface area contributed by atoms with Gasteiger partial charge in [0, 0.05) is 17.3 Å².